The lowest BCUT2D eigenvalue weighted by Crippen LogP contribution is -2.35. The molecular formula is C14H22N6S. The molecule has 7 heteroatoms. The van der Waals surface area contributed by atoms with E-state index < -0.39 is 0 Å². The summed E-state index contributed by atoms with van der Waals surface area (Å²) in [5, 5.41) is 15.5. The third-order valence-electron chi connectivity index (χ3n) is 3.08. The van der Waals surface area contributed by atoms with Crippen LogP contribution in [0.15, 0.2) is 24.8 Å². The van der Waals surface area contributed by atoms with Crippen molar-refractivity contribution in [1.29, 1.82) is 0 Å². The summed E-state index contributed by atoms with van der Waals surface area (Å²) in [6.07, 6.45) is 8.78. The number of aromatic nitrogens is 4. The fourth-order valence-corrected chi connectivity index (χ4v) is 2.12. The molecule has 0 saturated carbocycles. The summed E-state index contributed by atoms with van der Waals surface area (Å²) in [6.45, 7) is 7.42. The summed E-state index contributed by atoms with van der Waals surface area (Å²) in [4.78, 5) is 0. The van der Waals surface area contributed by atoms with E-state index in [0.717, 1.165) is 31.6 Å². The van der Waals surface area contributed by atoms with E-state index in [1.807, 2.05) is 41.1 Å². The first kappa shape index (κ1) is 15.5. The SMILES string of the molecule is CCn1cc(CNC(=S)NCCCn2cc(C)cn2)cn1. The van der Waals surface area contributed by atoms with Gasteiger partial charge in [0.05, 0.1) is 12.4 Å². The Morgan fingerprint density at radius 2 is 2.00 bits per heavy atom. The lowest BCUT2D eigenvalue weighted by Gasteiger charge is -2.09. The number of nitrogens with zero attached hydrogens (tertiary/aromatic N) is 4. The van der Waals surface area contributed by atoms with Crippen molar-refractivity contribution in [3.05, 3.63) is 35.9 Å². The lowest BCUT2D eigenvalue weighted by molar-refractivity contribution is 0.571. The van der Waals surface area contributed by atoms with Crippen molar-refractivity contribution >= 4 is 17.3 Å². The van der Waals surface area contributed by atoms with Crippen LogP contribution in [0.25, 0.3) is 0 Å². The Morgan fingerprint density at radius 1 is 1.19 bits per heavy atom. The van der Waals surface area contributed by atoms with E-state index in [4.69, 9.17) is 12.2 Å². The highest BCUT2D eigenvalue weighted by molar-refractivity contribution is 7.80. The van der Waals surface area contributed by atoms with Crippen molar-refractivity contribution in [1.82, 2.24) is 30.2 Å². The van der Waals surface area contributed by atoms with Gasteiger partial charge in [0.1, 0.15) is 0 Å². The van der Waals surface area contributed by atoms with Gasteiger partial charge in [0, 0.05) is 44.1 Å². The molecule has 114 valence electrons. The van der Waals surface area contributed by atoms with E-state index in [9.17, 15) is 0 Å². The van der Waals surface area contributed by atoms with Gasteiger partial charge in [-0.05, 0) is 38.0 Å². The van der Waals surface area contributed by atoms with Crippen LogP contribution in [-0.2, 0) is 19.6 Å². The number of hydrogen-bond donors (Lipinski definition) is 2. The lowest BCUT2D eigenvalue weighted by atomic mass is 10.3. The first-order chi connectivity index (χ1) is 10.2. The molecular weight excluding hydrogens is 284 g/mol. The molecule has 2 aromatic rings. The average molecular weight is 306 g/mol. The van der Waals surface area contributed by atoms with Gasteiger partial charge >= 0.3 is 0 Å². The molecule has 2 N–H and O–H groups in total. The minimum absolute atomic E-state index is 0.677. The normalized spacial score (nSPS) is 10.6. The van der Waals surface area contributed by atoms with Crippen LogP contribution in [0.4, 0.5) is 0 Å². The Bertz CT molecular complexity index is 574. The highest BCUT2D eigenvalue weighted by atomic mass is 32.1. The molecule has 0 aromatic carbocycles. The monoisotopic (exact) mass is 306 g/mol. The van der Waals surface area contributed by atoms with Gasteiger partial charge < -0.3 is 10.6 Å². The van der Waals surface area contributed by atoms with E-state index >= 15 is 0 Å². The van der Waals surface area contributed by atoms with Gasteiger partial charge in [0.25, 0.3) is 0 Å². The highest BCUT2D eigenvalue weighted by Crippen LogP contribution is 1.97. The maximum absolute atomic E-state index is 5.25. The number of thiocarbonyl (C=S) groups is 1. The van der Waals surface area contributed by atoms with Gasteiger partial charge in [-0.1, -0.05) is 0 Å². The minimum Gasteiger partial charge on any atom is -0.363 e. The molecule has 0 bridgehead atoms. The molecule has 0 saturated heterocycles. The molecule has 0 atom stereocenters. The van der Waals surface area contributed by atoms with Crippen LogP contribution in [-0.4, -0.2) is 31.2 Å². The van der Waals surface area contributed by atoms with Crippen molar-refractivity contribution in [2.75, 3.05) is 6.54 Å². The Labute approximate surface area is 130 Å². The maximum Gasteiger partial charge on any atom is 0.166 e. The van der Waals surface area contributed by atoms with Gasteiger partial charge in [0.15, 0.2) is 5.11 Å². The molecule has 0 fully saturated rings. The summed E-state index contributed by atoms with van der Waals surface area (Å²) >= 11 is 5.25. The van der Waals surface area contributed by atoms with Crippen LogP contribution < -0.4 is 10.6 Å². The zero-order chi connectivity index (χ0) is 15.1. The Kier molecular flexibility index (Phi) is 5.74. The number of hydrogen-bond acceptors (Lipinski definition) is 3. The third kappa shape index (κ3) is 5.18. The van der Waals surface area contributed by atoms with Gasteiger partial charge in [-0.3, -0.25) is 9.36 Å². The molecule has 0 amide bonds. The molecule has 0 radical (unpaired) electrons. The van der Waals surface area contributed by atoms with Crippen LogP contribution >= 0.6 is 12.2 Å². The molecule has 0 aliphatic rings. The molecule has 21 heavy (non-hydrogen) atoms. The van der Waals surface area contributed by atoms with Gasteiger partial charge in [0.2, 0.25) is 0 Å². The summed E-state index contributed by atoms with van der Waals surface area (Å²) < 4.78 is 3.85. The first-order valence-corrected chi connectivity index (χ1v) is 7.60. The highest BCUT2D eigenvalue weighted by Gasteiger charge is 2.00. The summed E-state index contributed by atoms with van der Waals surface area (Å²) in [6, 6.07) is 0. The Morgan fingerprint density at radius 3 is 2.67 bits per heavy atom. The second kappa shape index (κ2) is 7.78. The molecule has 0 aliphatic heterocycles. The van der Waals surface area contributed by atoms with E-state index in [-0.39, 0.29) is 0 Å². The number of aryl methyl sites for hydroxylation is 3. The second-order valence-electron chi connectivity index (χ2n) is 4.95. The smallest absolute Gasteiger partial charge is 0.166 e. The van der Waals surface area contributed by atoms with Crippen molar-refractivity contribution in [2.45, 2.75) is 39.9 Å². The average Bonchev–Trinajstić information content (AvgIpc) is 3.10. The first-order valence-electron chi connectivity index (χ1n) is 7.19. The fraction of sp³-hybridized carbons (Fsp3) is 0.500. The standard InChI is InChI=1S/C14H22N6S/c1-3-19-11-13(9-18-19)8-16-14(21)15-5-4-6-20-10-12(2)7-17-20/h7,9-11H,3-6,8H2,1-2H3,(H2,15,16,21). The molecule has 0 spiro atoms. The summed E-state index contributed by atoms with van der Waals surface area (Å²) in [5.74, 6) is 0. The summed E-state index contributed by atoms with van der Waals surface area (Å²) in [5.41, 5.74) is 2.32. The van der Waals surface area contributed by atoms with E-state index in [0.29, 0.717) is 11.7 Å². The molecule has 2 heterocycles. The van der Waals surface area contributed by atoms with Gasteiger partial charge in [-0.25, -0.2) is 0 Å². The van der Waals surface area contributed by atoms with Crippen molar-refractivity contribution < 1.29 is 0 Å². The van der Waals surface area contributed by atoms with Crippen LogP contribution in [0, 0.1) is 6.92 Å². The van der Waals surface area contributed by atoms with Gasteiger partial charge in [-0.15, -0.1) is 0 Å². The Hall–Kier alpha value is -1.89. The molecule has 0 aliphatic carbocycles. The molecule has 2 rings (SSSR count). The quantitative estimate of drug-likeness (QED) is 0.599. The molecule has 2 aromatic heterocycles. The van der Waals surface area contributed by atoms with Crippen LogP contribution in [0.5, 0.6) is 0 Å². The third-order valence-corrected chi connectivity index (χ3v) is 3.36. The van der Waals surface area contributed by atoms with Crippen molar-refractivity contribution in [3.63, 3.8) is 0 Å². The zero-order valence-corrected chi connectivity index (χ0v) is 13.4. The fourth-order valence-electron chi connectivity index (χ4n) is 1.95. The van der Waals surface area contributed by atoms with E-state index in [2.05, 4.69) is 27.8 Å². The predicted molar refractivity (Wildman–Crippen MR) is 86.9 cm³/mol. The van der Waals surface area contributed by atoms with E-state index in [1.54, 1.807) is 0 Å². The molecule has 6 nitrogen and oxygen atoms in total. The number of nitrogens with one attached hydrogen (secondary N) is 2. The largest absolute Gasteiger partial charge is 0.363 e. The predicted octanol–water partition coefficient (Wildman–Crippen LogP) is 1.46. The minimum atomic E-state index is 0.677. The zero-order valence-electron chi connectivity index (χ0n) is 12.5. The topological polar surface area (TPSA) is 59.7 Å². The van der Waals surface area contributed by atoms with Crippen molar-refractivity contribution in [3.8, 4) is 0 Å². The van der Waals surface area contributed by atoms with Crippen LogP contribution in [0.2, 0.25) is 0 Å². The summed E-state index contributed by atoms with van der Waals surface area (Å²) in [7, 11) is 0. The second-order valence-corrected chi connectivity index (χ2v) is 5.36. The van der Waals surface area contributed by atoms with Crippen LogP contribution in [0.3, 0.4) is 0 Å². The van der Waals surface area contributed by atoms with E-state index in [1.165, 1.54) is 5.56 Å². The Balaban J connectivity index is 1.59. The maximum atomic E-state index is 5.25. The van der Waals surface area contributed by atoms with Gasteiger partial charge in [-0.2, -0.15) is 10.2 Å². The molecule has 0 unspecified atom stereocenters. The van der Waals surface area contributed by atoms with Crippen LogP contribution in [0.1, 0.15) is 24.5 Å². The number of rotatable bonds is 7. The van der Waals surface area contributed by atoms with Crippen molar-refractivity contribution in [2.24, 2.45) is 0 Å².